The lowest BCUT2D eigenvalue weighted by atomic mass is 9.58. The normalized spacial score (nSPS) is 43.8. The third-order valence-electron chi connectivity index (χ3n) is 47.3. The van der Waals surface area contributed by atoms with Crippen molar-refractivity contribution in [3.05, 3.63) is 285 Å². The minimum absolute atomic E-state index is 0.00741. The first-order valence-corrected chi connectivity index (χ1v) is 58.9. The Balaban J connectivity index is 0.0000000902. The first-order valence-electron chi connectivity index (χ1n) is 58.9. The van der Waals surface area contributed by atoms with Crippen molar-refractivity contribution in [3.63, 3.8) is 0 Å². The topological polar surface area (TPSA) is 49.9 Å². The minimum Gasteiger partial charge on any atom is -0.359 e. The van der Waals surface area contributed by atoms with Crippen LogP contribution in [-0.4, -0.2) is 158 Å². The Morgan fingerprint density at radius 2 is 0.555 bits per heavy atom. The zero-order valence-corrected chi connectivity index (χ0v) is 87.3. The van der Waals surface area contributed by atoms with Gasteiger partial charge in [0.25, 0.3) is 5.92 Å². The molecule has 17 fully saturated rings. The summed E-state index contributed by atoms with van der Waals surface area (Å²) >= 11 is 0. The van der Waals surface area contributed by atoms with Crippen LogP contribution in [0.1, 0.15) is 324 Å². The molecule has 9 saturated heterocycles. The van der Waals surface area contributed by atoms with E-state index in [1.165, 1.54) is 198 Å². The summed E-state index contributed by atoms with van der Waals surface area (Å²) in [4.78, 5) is 9.93. The van der Waals surface area contributed by atoms with E-state index in [2.05, 4.69) is 266 Å². The van der Waals surface area contributed by atoms with Crippen LogP contribution < -0.4 is 0 Å². The van der Waals surface area contributed by atoms with E-state index in [1.54, 1.807) is 27.9 Å². The molecule has 13 heterocycles. The smallest absolute Gasteiger partial charge is 0.261 e. The maximum absolute atomic E-state index is 14.0. The highest BCUT2D eigenvalue weighted by atomic mass is 19.3. The van der Waals surface area contributed by atoms with Gasteiger partial charge in [0, 0.05) is 75.4 Å². The van der Waals surface area contributed by atoms with Gasteiger partial charge in [-0.2, -0.15) is 0 Å². The molecule has 13 aliphatic heterocycles. The molecule has 0 aromatic heterocycles. The van der Waals surface area contributed by atoms with Crippen molar-refractivity contribution in [1.29, 1.82) is 0 Å². The Morgan fingerprint density at radius 3 is 0.836 bits per heavy atom. The molecular formula is C134H154F4N4O4. The average Bonchev–Trinajstić information content (AvgIpc) is 1.53. The van der Waals surface area contributed by atoms with Crippen LogP contribution in [0.5, 0.6) is 0 Å². The Labute approximate surface area is 864 Å². The Hall–Kier alpha value is -7.88. The van der Waals surface area contributed by atoms with Gasteiger partial charge in [-0.15, -0.1) is 0 Å². The van der Waals surface area contributed by atoms with Crippen molar-refractivity contribution in [3.8, 4) is 0 Å². The number of benzene rings is 8. The van der Waals surface area contributed by atoms with Crippen LogP contribution in [0.25, 0.3) is 43.1 Å². The number of likely N-dealkylation sites (tertiary alicyclic amines) is 3. The van der Waals surface area contributed by atoms with Crippen LogP contribution in [0.3, 0.4) is 0 Å². The Bertz CT molecular complexity index is 6700. The molecular weight excluding hydrogens is 1810 g/mol. The van der Waals surface area contributed by atoms with E-state index < -0.39 is 18.3 Å². The minimum atomic E-state index is -2.53. The van der Waals surface area contributed by atoms with Gasteiger partial charge in [0.2, 0.25) is 0 Å². The quantitative estimate of drug-likeness (QED) is 0.140. The zero-order valence-electron chi connectivity index (χ0n) is 87.3. The number of nitrogens with zero attached hydrogens (tertiary/aromatic N) is 4. The van der Waals surface area contributed by atoms with Crippen LogP contribution in [-0.2, 0) is 18.9 Å². The fourth-order valence-electron chi connectivity index (χ4n) is 40.4. The van der Waals surface area contributed by atoms with Gasteiger partial charge in [-0.1, -0.05) is 246 Å². The molecule has 12 heteroatoms. The maximum atomic E-state index is 14.0. The molecule has 0 amide bonds. The molecule has 8 nitrogen and oxygen atoms in total. The lowest BCUT2D eigenvalue weighted by Gasteiger charge is -2.55. The SMILES string of the molecule is C[C@]12CC=C3C=C4CCC(N5CCC(F)(F)C5)C[C@]45CCC3(O5)[C@@H]1CC[C@@H]2c1ccc2ccccc2c1.C[C@]12CC=C3C=C4CC[C@@H](N5C6CCC5CC6)C[C@]45CCC3(O5)[C@@H]1CC[C@@H]2c1ccc2ccccc2c1.C[C@]12CC=C3C=C4CC[C@@H](N5CC[C@@H](F)C5)C[C@]45CCC3(O5)[C@@H]1CC[C@@H]2c1ccc2ccccc2c1.C[C@]12CC=C3C=C4CC[C@@H](N5CC[C@H](F)C5)C[C@]45CCC3(O5)[C@@H]1CC[C@@H]2c1ccc2ccccc2c1. The Morgan fingerprint density at radius 1 is 0.274 bits per heavy atom. The van der Waals surface area contributed by atoms with Gasteiger partial charge in [0.15, 0.2) is 0 Å². The number of halogens is 4. The predicted octanol–water partition coefficient (Wildman–Crippen LogP) is 30.9. The first-order chi connectivity index (χ1) is 70.9. The molecule has 762 valence electrons. The Kier molecular flexibility index (Phi) is 21.4. The number of hydrogen-bond acceptors (Lipinski definition) is 8. The standard InChI is InChI=1S/C35H41NO.C33H37F2NO.2C33H38FNO/c1-33-17-16-27-21-26-8-9-30(36-28-10-11-29(36)13-12-28)22-34(26)18-19-35(27,37-34)32(33)15-14-31(33)25-7-6-23-4-2-3-5-24(23)20-25;1-30-13-12-26-19-25-8-9-27(36-17-16-32(34,35)21-36)20-31(25)14-15-33(26,37-31)29(30)11-10-28(30)24-7-6-22-4-2-3-5-23(22)18-24;2*1-31-14-12-26-19-25-8-9-28(35-17-13-27(34)21-35)20-32(25)15-16-33(26,36-32)30(31)11-10-29(31)24-7-6-22-4-2-3-5-23(22)18-24/h2-7,16,20-21,28-32H,8-15,17-19,22H2,1H3;2-7,12,18-19,27-29H,8-11,13-17,20-21H2,1H3;2*2-7,12,18-19,27-30H,8-11,13-17,20-21H2,1H3/t28?,29?,30-,31-,32-,33-,34-,35?;27?,28-,29-,30-,31-,33?;27-,28+,29+,30+,31+,32+,33?;27-,28-,29-,30-,31-,32-,33?/m1101/s1. The summed E-state index contributed by atoms with van der Waals surface area (Å²) in [5.74, 6) is 2.07. The molecule has 8 spiro atoms. The van der Waals surface area contributed by atoms with Gasteiger partial charge >= 0.3 is 0 Å². The molecule has 33 rings (SSSR count). The number of allylic oxidation sites excluding steroid dienone is 4. The van der Waals surface area contributed by atoms with Crippen molar-refractivity contribution in [2.75, 3.05) is 39.3 Å². The second-order valence-electron chi connectivity index (χ2n) is 53.6. The fraction of sp³-hybridized carbons (Fsp3) is 0.582. The van der Waals surface area contributed by atoms with Crippen molar-refractivity contribution in [2.24, 2.45) is 45.3 Å². The predicted molar refractivity (Wildman–Crippen MR) is 578 cm³/mol. The van der Waals surface area contributed by atoms with E-state index in [0.717, 1.165) is 147 Å². The largest absolute Gasteiger partial charge is 0.359 e. The summed E-state index contributed by atoms with van der Waals surface area (Å²) in [6, 6.07) is 67.5. The molecule has 10 bridgehead atoms. The lowest BCUT2D eigenvalue weighted by Crippen LogP contribution is -2.55. The van der Waals surface area contributed by atoms with Crippen molar-refractivity contribution < 1.29 is 36.5 Å². The second kappa shape index (κ2) is 33.6. The van der Waals surface area contributed by atoms with E-state index in [9.17, 15) is 17.6 Å². The molecule has 8 aromatic rings. The van der Waals surface area contributed by atoms with Crippen LogP contribution in [0, 0.1) is 45.3 Å². The summed E-state index contributed by atoms with van der Waals surface area (Å²) in [7, 11) is 0. The molecule has 8 saturated carbocycles. The average molecular weight is 1960 g/mol. The summed E-state index contributed by atoms with van der Waals surface area (Å²) in [6.07, 6.45) is 63.9. The molecule has 5 unspecified atom stereocenters. The number of alkyl halides is 4. The third kappa shape index (κ3) is 13.9. The lowest BCUT2D eigenvalue weighted by molar-refractivity contribution is -0.141. The van der Waals surface area contributed by atoms with Crippen LogP contribution in [0.15, 0.2) is 263 Å². The molecule has 26 atom stereocenters. The van der Waals surface area contributed by atoms with Gasteiger partial charge < -0.3 is 18.9 Å². The summed E-state index contributed by atoms with van der Waals surface area (Å²) < 4.78 is 86.1. The zero-order chi connectivity index (χ0) is 97.7. The van der Waals surface area contributed by atoms with Crippen LogP contribution in [0.2, 0.25) is 0 Å². The summed E-state index contributed by atoms with van der Waals surface area (Å²) in [6.45, 7) is 13.8. The van der Waals surface area contributed by atoms with Crippen LogP contribution in [0.4, 0.5) is 17.6 Å². The van der Waals surface area contributed by atoms with Crippen molar-refractivity contribution in [2.45, 2.75) is 401 Å². The molecule has 25 aliphatic rings. The summed E-state index contributed by atoms with van der Waals surface area (Å²) in [5, 5.41) is 10.8. The van der Waals surface area contributed by atoms with E-state index in [1.807, 2.05) is 0 Å². The number of hydrogen-bond donors (Lipinski definition) is 0. The molecule has 0 N–H and O–H groups in total. The molecule has 8 aromatic carbocycles. The van der Waals surface area contributed by atoms with Crippen molar-refractivity contribution >= 4 is 43.1 Å². The first kappa shape index (κ1) is 93.0. The highest BCUT2D eigenvalue weighted by Crippen LogP contribution is 2.76. The van der Waals surface area contributed by atoms with Gasteiger partial charge in [-0.25, -0.2) is 17.6 Å². The highest BCUT2D eigenvalue weighted by molar-refractivity contribution is 5.86. The van der Waals surface area contributed by atoms with Gasteiger partial charge in [0.1, 0.15) is 12.3 Å². The van der Waals surface area contributed by atoms with Gasteiger partial charge in [0.05, 0.1) is 51.4 Å². The molecule has 12 aliphatic carbocycles. The van der Waals surface area contributed by atoms with E-state index in [0.29, 0.717) is 91.9 Å². The number of fused-ring (bicyclic) bond motifs is 10. The summed E-state index contributed by atoms with van der Waals surface area (Å²) in [5.41, 5.74) is 18.3. The van der Waals surface area contributed by atoms with E-state index >= 15 is 0 Å². The maximum Gasteiger partial charge on any atom is 0.261 e. The van der Waals surface area contributed by atoms with Crippen molar-refractivity contribution in [1.82, 2.24) is 19.6 Å². The van der Waals surface area contributed by atoms with Gasteiger partial charge in [-0.3, -0.25) is 19.6 Å². The highest BCUT2D eigenvalue weighted by Gasteiger charge is 2.73. The fourth-order valence-corrected chi connectivity index (χ4v) is 40.4. The van der Waals surface area contributed by atoms with Gasteiger partial charge in [-0.05, 0) is 423 Å². The molecule has 146 heavy (non-hydrogen) atoms. The van der Waals surface area contributed by atoms with E-state index in [-0.39, 0.29) is 85.5 Å². The molecule has 0 radical (unpaired) electrons. The van der Waals surface area contributed by atoms with Crippen LogP contribution >= 0.6 is 0 Å². The number of ether oxygens (including phenoxy) is 4. The second-order valence-corrected chi connectivity index (χ2v) is 53.6. The number of rotatable bonds is 8. The van der Waals surface area contributed by atoms with E-state index in [4.69, 9.17) is 18.9 Å². The monoisotopic (exact) mass is 1960 g/mol. The third-order valence-corrected chi connectivity index (χ3v) is 47.3.